The Balaban J connectivity index is 2.74. The predicted molar refractivity (Wildman–Crippen MR) is 44.5 cm³/mol. The molecule has 1 aromatic carbocycles. The van der Waals surface area contributed by atoms with Crippen LogP contribution in [0.3, 0.4) is 0 Å². The summed E-state index contributed by atoms with van der Waals surface area (Å²) in [6.45, 7) is 0. The second-order valence-electron chi connectivity index (χ2n) is 2.74. The minimum atomic E-state index is -4.39. The monoisotopic (exact) mass is 237 g/mol. The molecule has 14 heavy (non-hydrogen) atoms. The van der Waals surface area contributed by atoms with E-state index in [0.717, 1.165) is 4.90 Å². The summed E-state index contributed by atoms with van der Waals surface area (Å²) in [5.74, 6) is 0.0378. The predicted octanol–water partition coefficient (Wildman–Crippen LogP) is -1.80. The fourth-order valence-corrected chi connectivity index (χ4v) is 1.87. The van der Waals surface area contributed by atoms with E-state index in [4.69, 9.17) is 0 Å². The van der Waals surface area contributed by atoms with Crippen LogP contribution in [0.5, 0.6) is 5.75 Å². The summed E-state index contributed by atoms with van der Waals surface area (Å²) in [7, 11) is -4.29. The van der Waals surface area contributed by atoms with E-state index in [1.54, 1.807) is 12.1 Å². The zero-order valence-corrected chi connectivity index (χ0v) is 9.30. The number of hydrogen-bond acceptors (Lipinski definition) is 4. The zero-order chi connectivity index (χ0) is 10.8. The summed E-state index contributed by atoms with van der Waals surface area (Å²) in [6, 6.07) is 6.40. The molecule has 0 spiro atoms. The van der Waals surface area contributed by atoms with E-state index in [-0.39, 0.29) is 16.6 Å². The van der Waals surface area contributed by atoms with E-state index >= 15 is 0 Å². The standard InChI is InChI=1S/C8H10ClO4S/c1-14(2)8-5-3-7(4-6-8)13-9(10,11)12/h3-6H,1-2H3/q+1. The number of halogens is 1. The number of benzene rings is 1. The second kappa shape index (κ2) is 4.37. The highest BCUT2D eigenvalue weighted by molar-refractivity contribution is 7.95. The molecule has 0 radical (unpaired) electrons. The van der Waals surface area contributed by atoms with E-state index in [2.05, 4.69) is 4.29 Å². The molecule has 0 N–H and O–H groups in total. The van der Waals surface area contributed by atoms with E-state index in [1.165, 1.54) is 12.1 Å². The molecular weight excluding hydrogens is 228 g/mol. The molecule has 0 fully saturated rings. The fourth-order valence-electron chi connectivity index (χ4n) is 0.872. The molecule has 78 valence electrons. The van der Waals surface area contributed by atoms with Gasteiger partial charge >= 0.3 is 0 Å². The minimum absolute atomic E-state index is 0.0378. The molecule has 0 atom stereocenters. The van der Waals surface area contributed by atoms with Crippen molar-refractivity contribution in [2.75, 3.05) is 12.5 Å². The first kappa shape index (κ1) is 11.6. The molecule has 0 bridgehead atoms. The van der Waals surface area contributed by atoms with Gasteiger partial charge in [0.25, 0.3) is 5.75 Å². The van der Waals surface area contributed by atoms with Gasteiger partial charge in [-0.15, -0.1) is 0 Å². The quantitative estimate of drug-likeness (QED) is 0.581. The van der Waals surface area contributed by atoms with Crippen LogP contribution in [0.15, 0.2) is 29.2 Å². The summed E-state index contributed by atoms with van der Waals surface area (Å²) in [5.41, 5.74) is 0. The van der Waals surface area contributed by atoms with Crippen molar-refractivity contribution in [2.24, 2.45) is 0 Å². The van der Waals surface area contributed by atoms with Gasteiger partial charge in [-0.05, 0) is 12.1 Å². The van der Waals surface area contributed by atoms with Crippen molar-refractivity contribution in [3.05, 3.63) is 24.3 Å². The topological polar surface area (TPSA) is 78.4 Å². The third-order valence-corrected chi connectivity index (χ3v) is 3.06. The van der Waals surface area contributed by atoms with Gasteiger partial charge in [-0.1, -0.05) is 4.29 Å². The van der Waals surface area contributed by atoms with Crippen molar-refractivity contribution in [1.29, 1.82) is 0 Å². The number of hydrogen-bond donors (Lipinski definition) is 0. The lowest BCUT2D eigenvalue weighted by atomic mass is 10.3. The van der Waals surface area contributed by atoms with Gasteiger partial charge in [-0.3, -0.25) is 0 Å². The summed E-state index contributed by atoms with van der Waals surface area (Å²) < 4.78 is 34.8. The average molecular weight is 238 g/mol. The molecule has 0 amide bonds. The van der Waals surface area contributed by atoms with Gasteiger partial charge in [0.1, 0.15) is 22.8 Å². The van der Waals surface area contributed by atoms with Crippen LogP contribution in [0.1, 0.15) is 0 Å². The fraction of sp³-hybridized carbons (Fsp3) is 0.250. The summed E-state index contributed by atoms with van der Waals surface area (Å²) in [5, 5.41) is 0. The van der Waals surface area contributed by atoms with Gasteiger partial charge in [-0.25, -0.2) is 0 Å². The molecule has 0 saturated heterocycles. The highest BCUT2D eigenvalue weighted by Crippen LogP contribution is 2.17. The molecule has 0 aromatic heterocycles. The Morgan fingerprint density at radius 1 is 1.07 bits per heavy atom. The van der Waals surface area contributed by atoms with E-state index in [0.29, 0.717) is 0 Å². The van der Waals surface area contributed by atoms with Crippen LogP contribution in [0.4, 0.5) is 0 Å². The molecule has 0 aliphatic rings. The van der Waals surface area contributed by atoms with Crippen molar-refractivity contribution >= 4 is 10.9 Å². The van der Waals surface area contributed by atoms with Gasteiger partial charge in [0.15, 0.2) is 4.90 Å². The van der Waals surface area contributed by atoms with Crippen LogP contribution in [0.2, 0.25) is 0 Å². The van der Waals surface area contributed by atoms with Gasteiger partial charge in [-0.2, -0.15) is 14.0 Å². The largest absolute Gasteiger partial charge is 0.288 e. The smallest absolute Gasteiger partial charge is 0.167 e. The van der Waals surface area contributed by atoms with Crippen LogP contribution in [0, 0.1) is 10.2 Å². The lowest BCUT2D eigenvalue weighted by Gasteiger charge is -2.11. The number of rotatable bonds is 3. The molecule has 6 heteroatoms. The van der Waals surface area contributed by atoms with Crippen molar-refractivity contribution in [3.63, 3.8) is 0 Å². The van der Waals surface area contributed by atoms with Crippen LogP contribution >= 0.6 is 0 Å². The maximum atomic E-state index is 10.2. The third-order valence-electron chi connectivity index (χ3n) is 1.48. The van der Waals surface area contributed by atoms with Gasteiger partial charge in [0, 0.05) is 23.0 Å². The molecule has 0 aliphatic carbocycles. The zero-order valence-electron chi connectivity index (χ0n) is 7.73. The van der Waals surface area contributed by atoms with Crippen molar-refractivity contribution in [1.82, 2.24) is 0 Å². The van der Waals surface area contributed by atoms with Gasteiger partial charge < -0.3 is 0 Å². The van der Waals surface area contributed by atoms with E-state index in [1.807, 2.05) is 12.5 Å². The van der Waals surface area contributed by atoms with Crippen LogP contribution in [-0.2, 0) is 10.9 Å². The molecule has 0 saturated carbocycles. The Kier molecular flexibility index (Phi) is 3.63. The summed E-state index contributed by atoms with van der Waals surface area (Å²) in [4.78, 5) is 1.08. The Bertz CT molecular complexity index is 293. The Morgan fingerprint density at radius 2 is 1.57 bits per heavy atom. The lowest BCUT2D eigenvalue weighted by molar-refractivity contribution is -1.91. The van der Waals surface area contributed by atoms with Crippen molar-refractivity contribution in [3.8, 4) is 5.75 Å². The van der Waals surface area contributed by atoms with Crippen LogP contribution in [0.25, 0.3) is 0 Å². The SMILES string of the molecule is C[S+](C)c1ccc(O[Cl+3]([O-])([O-])[O-])cc1. The van der Waals surface area contributed by atoms with Crippen molar-refractivity contribution in [2.45, 2.75) is 4.90 Å². The first-order valence-corrected chi connectivity index (χ1v) is 6.94. The molecule has 0 aliphatic heterocycles. The maximum absolute atomic E-state index is 10.2. The second-order valence-corrected chi connectivity index (χ2v) is 5.76. The highest BCUT2D eigenvalue weighted by atomic mass is 35.7. The average Bonchev–Trinajstić information content (AvgIpc) is 2.02. The molecule has 1 rings (SSSR count). The van der Waals surface area contributed by atoms with Crippen molar-refractivity contribution < 1.29 is 28.5 Å². The Labute approximate surface area is 87.2 Å². The highest BCUT2D eigenvalue weighted by Gasteiger charge is 2.19. The molecule has 0 heterocycles. The first-order chi connectivity index (χ1) is 6.38. The summed E-state index contributed by atoms with van der Waals surface area (Å²) in [6.07, 6.45) is 4.08. The maximum Gasteiger partial charge on any atom is 0.288 e. The lowest BCUT2D eigenvalue weighted by Crippen LogP contribution is -2.63. The van der Waals surface area contributed by atoms with E-state index < -0.39 is 10.2 Å². The Morgan fingerprint density at radius 3 is 1.93 bits per heavy atom. The molecule has 1 aromatic rings. The normalized spacial score (nSPS) is 11.9. The molecule has 4 nitrogen and oxygen atoms in total. The summed E-state index contributed by atoms with van der Waals surface area (Å²) >= 11 is 0. The van der Waals surface area contributed by atoms with E-state index in [9.17, 15) is 14.0 Å². The van der Waals surface area contributed by atoms with Crippen LogP contribution < -0.4 is 18.3 Å². The van der Waals surface area contributed by atoms with Gasteiger partial charge in [0.2, 0.25) is 0 Å². The minimum Gasteiger partial charge on any atom is -0.167 e. The third kappa shape index (κ3) is 3.73. The van der Waals surface area contributed by atoms with Gasteiger partial charge in [0.05, 0.1) is 0 Å². The molecule has 0 unspecified atom stereocenters. The Hall–Kier alpha value is -0.460. The molecular formula is C8H10ClO4S+. The first-order valence-electron chi connectivity index (χ1n) is 3.66. The van der Waals surface area contributed by atoms with Crippen LogP contribution in [-0.4, -0.2) is 12.5 Å².